The minimum Gasteiger partial charge on any atom is -0.493 e. The first-order valence-corrected chi connectivity index (χ1v) is 13.0. The van der Waals surface area contributed by atoms with Crippen LogP contribution in [-0.4, -0.2) is 30.2 Å². The van der Waals surface area contributed by atoms with Gasteiger partial charge in [-0.2, -0.15) is 5.10 Å². The maximum absolute atomic E-state index is 13.3. The number of esters is 1. The summed E-state index contributed by atoms with van der Waals surface area (Å²) in [6, 6.07) is 27.4. The van der Waals surface area contributed by atoms with Gasteiger partial charge in [0.1, 0.15) is 5.69 Å². The van der Waals surface area contributed by atoms with Crippen molar-refractivity contribution in [2.75, 3.05) is 7.11 Å². The van der Waals surface area contributed by atoms with Gasteiger partial charge in [-0.15, -0.1) is 0 Å². The lowest BCUT2D eigenvalue weighted by molar-refractivity contribution is 0.0729. The van der Waals surface area contributed by atoms with Crippen molar-refractivity contribution in [1.82, 2.24) is 10.4 Å². The molecule has 40 heavy (non-hydrogen) atoms. The monoisotopic (exact) mass is 551 g/mol. The molecule has 4 aromatic carbocycles. The molecule has 2 N–H and O–H groups in total. The van der Waals surface area contributed by atoms with Crippen LogP contribution < -0.4 is 14.9 Å². The van der Waals surface area contributed by atoms with Crippen LogP contribution in [0.3, 0.4) is 0 Å². The Balaban J connectivity index is 1.37. The predicted molar refractivity (Wildman–Crippen MR) is 158 cm³/mol. The summed E-state index contributed by atoms with van der Waals surface area (Å²) in [4.78, 5) is 29.2. The number of carbonyl (C=O) groups is 2. The number of aromatic nitrogens is 1. The number of hydrogen-bond donors (Lipinski definition) is 2. The number of aryl methyl sites for hydroxylation is 1. The number of hydrazone groups is 1. The second-order valence-electron chi connectivity index (χ2n) is 8.91. The number of nitrogens with zero attached hydrogens (tertiary/aromatic N) is 1. The van der Waals surface area contributed by atoms with Gasteiger partial charge in [-0.25, -0.2) is 10.2 Å². The predicted octanol–water partition coefficient (Wildman–Crippen LogP) is 7.04. The van der Waals surface area contributed by atoms with Gasteiger partial charge in [-0.05, 0) is 53.4 Å². The van der Waals surface area contributed by atoms with Crippen molar-refractivity contribution in [3.8, 4) is 22.6 Å². The first kappa shape index (κ1) is 26.7. The molecule has 0 atom stereocenters. The lowest BCUT2D eigenvalue weighted by atomic mass is 10.00. The molecule has 0 spiro atoms. The molecule has 0 radical (unpaired) electrons. The van der Waals surface area contributed by atoms with Crippen LogP contribution in [0.1, 0.15) is 38.9 Å². The number of benzene rings is 4. The quantitative estimate of drug-likeness (QED) is 0.0935. The molecular weight excluding hydrogens is 526 g/mol. The average Bonchev–Trinajstić information content (AvgIpc) is 3.38. The van der Waals surface area contributed by atoms with Crippen LogP contribution in [0.5, 0.6) is 11.5 Å². The van der Waals surface area contributed by atoms with E-state index in [4.69, 9.17) is 21.1 Å². The fraction of sp³-hybridized carbons (Fsp3) is 0.0938. The van der Waals surface area contributed by atoms with Crippen molar-refractivity contribution in [1.29, 1.82) is 0 Å². The van der Waals surface area contributed by atoms with E-state index >= 15 is 0 Å². The molecule has 200 valence electrons. The van der Waals surface area contributed by atoms with Crippen molar-refractivity contribution >= 4 is 40.6 Å². The molecule has 1 amide bonds. The number of carbonyl (C=O) groups excluding carboxylic acids is 2. The molecule has 0 saturated heterocycles. The highest BCUT2D eigenvalue weighted by Gasteiger charge is 2.20. The standard InChI is InChI=1S/C32H26ClN3O4/c1-3-21-12-9-14-24-28(22-10-5-4-6-11-22)30(35-29(21)24)31(37)36-34-19-20-16-17-26(27(18-20)39-2)40-32(38)23-13-7-8-15-25(23)33/h4-19,35H,3H2,1-2H3,(H,36,37). The van der Waals surface area contributed by atoms with E-state index in [1.165, 1.54) is 13.3 Å². The van der Waals surface area contributed by atoms with Gasteiger partial charge >= 0.3 is 5.97 Å². The van der Waals surface area contributed by atoms with Gasteiger partial charge in [-0.1, -0.05) is 79.2 Å². The molecule has 0 fully saturated rings. The summed E-state index contributed by atoms with van der Waals surface area (Å²) < 4.78 is 10.9. The molecule has 1 aromatic heterocycles. The Bertz CT molecular complexity index is 1730. The number of hydrogen-bond acceptors (Lipinski definition) is 5. The Hall–Kier alpha value is -4.88. The number of methoxy groups -OCH3 is 1. The van der Waals surface area contributed by atoms with Crippen molar-refractivity contribution < 1.29 is 19.1 Å². The normalized spacial score (nSPS) is 11.1. The Morgan fingerprint density at radius 2 is 1.73 bits per heavy atom. The van der Waals surface area contributed by atoms with E-state index in [9.17, 15) is 9.59 Å². The minimum atomic E-state index is -0.601. The molecule has 0 aliphatic heterocycles. The maximum Gasteiger partial charge on any atom is 0.345 e. The van der Waals surface area contributed by atoms with E-state index in [1.54, 1.807) is 42.5 Å². The third-order valence-corrected chi connectivity index (χ3v) is 6.78. The fourth-order valence-electron chi connectivity index (χ4n) is 4.50. The highest BCUT2D eigenvalue weighted by atomic mass is 35.5. The van der Waals surface area contributed by atoms with E-state index in [2.05, 4.69) is 28.5 Å². The number of ether oxygens (including phenoxy) is 2. The summed E-state index contributed by atoms with van der Waals surface area (Å²) in [7, 11) is 1.47. The van der Waals surface area contributed by atoms with Crippen LogP contribution in [0.4, 0.5) is 0 Å². The van der Waals surface area contributed by atoms with Gasteiger partial charge in [-0.3, -0.25) is 4.79 Å². The lowest BCUT2D eigenvalue weighted by Crippen LogP contribution is -2.19. The molecule has 5 aromatic rings. The zero-order valence-electron chi connectivity index (χ0n) is 21.9. The van der Waals surface area contributed by atoms with Crippen molar-refractivity contribution in [3.63, 3.8) is 0 Å². The van der Waals surface area contributed by atoms with Crippen LogP contribution >= 0.6 is 11.6 Å². The molecule has 0 unspecified atom stereocenters. The molecule has 0 aliphatic carbocycles. The molecule has 0 saturated carbocycles. The molecule has 1 heterocycles. The number of aromatic amines is 1. The Kier molecular flexibility index (Phi) is 7.94. The second-order valence-corrected chi connectivity index (χ2v) is 9.32. The third kappa shape index (κ3) is 5.46. The fourth-order valence-corrected chi connectivity index (χ4v) is 4.71. The number of nitrogens with one attached hydrogen (secondary N) is 2. The summed E-state index contributed by atoms with van der Waals surface area (Å²) in [5.74, 6) is -0.419. The highest BCUT2D eigenvalue weighted by molar-refractivity contribution is 6.33. The first-order valence-electron chi connectivity index (χ1n) is 12.7. The number of halogens is 1. The topological polar surface area (TPSA) is 92.8 Å². The summed E-state index contributed by atoms with van der Waals surface area (Å²) in [5, 5.41) is 5.44. The van der Waals surface area contributed by atoms with Crippen molar-refractivity contribution in [2.24, 2.45) is 5.10 Å². The van der Waals surface area contributed by atoms with Gasteiger partial charge in [0.25, 0.3) is 5.91 Å². The van der Waals surface area contributed by atoms with E-state index in [0.717, 1.165) is 34.0 Å². The van der Waals surface area contributed by atoms with Crippen LogP contribution in [0.25, 0.3) is 22.0 Å². The van der Waals surface area contributed by atoms with E-state index in [1.807, 2.05) is 42.5 Å². The Morgan fingerprint density at radius 3 is 2.48 bits per heavy atom. The lowest BCUT2D eigenvalue weighted by Gasteiger charge is -2.10. The largest absolute Gasteiger partial charge is 0.493 e. The van der Waals surface area contributed by atoms with Gasteiger partial charge in [0.2, 0.25) is 0 Å². The SMILES string of the molecule is CCc1cccc2c(-c3ccccc3)c(C(=O)NN=Cc3ccc(OC(=O)c4ccccc4Cl)c(OC)c3)[nH]c12. The van der Waals surface area contributed by atoms with Crippen LogP contribution in [0.2, 0.25) is 5.02 Å². The van der Waals surface area contributed by atoms with Crippen molar-refractivity contribution in [2.45, 2.75) is 13.3 Å². The first-order chi connectivity index (χ1) is 19.5. The zero-order chi connectivity index (χ0) is 28.1. The number of rotatable bonds is 8. The van der Waals surface area contributed by atoms with E-state index < -0.39 is 5.97 Å². The second kappa shape index (κ2) is 11.9. The summed E-state index contributed by atoms with van der Waals surface area (Å²) in [6.45, 7) is 2.08. The summed E-state index contributed by atoms with van der Waals surface area (Å²) in [6.07, 6.45) is 2.32. The zero-order valence-corrected chi connectivity index (χ0v) is 22.7. The van der Waals surface area contributed by atoms with Crippen LogP contribution in [0, 0.1) is 0 Å². The number of H-pyrrole nitrogens is 1. The number of fused-ring (bicyclic) bond motifs is 1. The number of para-hydroxylation sites is 1. The number of amides is 1. The third-order valence-electron chi connectivity index (χ3n) is 6.45. The molecule has 5 rings (SSSR count). The van der Waals surface area contributed by atoms with Gasteiger partial charge < -0.3 is 14.5 Å². The molecule has 0 aliphatic rings. The smallest absolute Gasteiger partial charge is 0.345 e. The minimum absolute atomic E-state index is 0.228. The van der Waals surface area contributed by atoms with E-state index in [0.29, 0.717) is 22.0 Å². The highest BCUT2D eigenvalue weighted by Crippen LogP contribution is 2.34. The van der Waals surface area contributed by atoms with E-state index in [-0.39, 0.29) is 17.2 Å². The Labute approximate surface area is 236 Å². The van der Waals surface area contributed by atoms with Gasteiger partial charge in [0.15, 0.2) is 11.5 Å². The molecule has 0 bridgehead atoms. The van der Waals surface area contributed by atoms with Crippen LogP contribution in [-0.2, 0) is 6.42 Å². The van der Waals surface area contributed by atoms with Gasteiger partial charge in [0.05, 0.1) is 23.9 Å². The average molecular weight is 552 g/mol. The Morgan fingerprint density at radius 1 is 0.950 bits per heavy atom. The summed E-state index contributed by atoms with van der Waals surface area (Å²) in [5.41, 5.74) is 7.75. The summed E-state index contributed by atoms with van der Waals surface area (Å²) >= 11 is 6.11. The molecular formula is C32H26ClN3O4. The van der Waals surface area contributed by atoms with Crippen LogP contribution in [0.15, 0.2) is 96.1 Å². The van der Waals surface area contributed by atoms with Gasteiger partial charge in [0, 0.05) is 16.5 Å². The van der Waals surface area contributed by atoms with Crippen molar-refractivity contribution in [3.05, 3.63) is 118 Å². The molecule has 7 nitrogen and oxygen atoms in total. The maximum atomic E-state index is 13.3. The molecule has 8 heteroatoms.